The summed E-state index contributed by atoms with van der Waals surface area (Å²) in [5.41, 5.74) is 1.13. The molecular weight excluding hydrogens is 344 g/mol. The molecule has 0 saturated carbocycles. The molecule has 1 heterocycles. The molecule has 1 aromatic heterocycles. The van der Waals surface area contributed by atoms with Crippen LogP contribution in [0.2, 0.25) is 0 Å². The zero-order chi connectivity index (χ0) is 17.4. The minimum Gasteiger partial charge on any atom is -0.497 e. The number of hydrogen-bond acceptors (Lipinski definition) is 7. The van der Waals surface area contributed by atoms with Crippen LogP contribution in [0.3, 0.4) is 0 Å². The van der Waals surface area contributed by atoms with E-state index < -0.39 is 0 Å². The number of thioether (sulfide) groups is 1. The summed E-state index contributed by atoms with van der Waals surface area (Å²) in [5.74, 6) is 1.22. The van der Waals surface area contributed by atoms with Crippen molar-refractivity contribution in [2.24, 2.45) is 0 Å². The smallest absolute Gasteiger partial charge is 0.230 e. The Kier molecular flexibility index (Phi) is 7.33. The van der Waals surface area contributed by atoms with Gasteiger partial charge in [-0.3, -0.25) is 4.79 Å². The zero-order valence-corrected chi connectivity index (χ0v) is 15.7. The van der Waals surface area contributed by atoms with Gasteiger partial charge in [0, 0.05) is 12.6 Å². The van der Waals surface area contributed by atoms with Crippen LogP contribution in [0.25, 0.3) is 0 Å². The molecule has 0 aliphatic heterocycles. The highest BCUT2D eigenvalue weighted by atomic mass is 32.2. The third kappa shape index (κ3) is 6.01. The van der Waals surface area contributed by atoms with Gasteiger partial charge in [-0.25, -0.2) is 0 Å². The van der Waals surface area contributed by atoms with Gasteiger partial charge in [0.25, 0.3) is 0 Å². The molecule has 130 valence electrons. The first-order valence-corrected chi connectivity index (χ1v) is 9.53. The summed E-state index contributed by atoms with van der Waals surface area (Å²) in [6.45, 7) is 4.70. The minimum atomic E-state index is 0.0253. The summed E-state index contributed by atoms with van der Waals surface area (Å²) in [6.07, 6.45) is 0.925. The van der Waals surface area contributed by atoms with E-state index in [4.69, 9.17) is 4.74 Å². The molecule has 1 aromatic carbocycles. The summed E-state index contributed by atoms with van der Waals surface area (Å²) >= 11 is 2.86. The van der Waals surface area contributed by atoms with Crippen molar-refractivity contribution in [1.29, 1.82) is 0 Å². The maximum Gasteiger partial charge on any atom is 0.230 e. The van der Waals surface area contributed by atoms with Crippen molar-refractivity contribution in [3.63, 3.8) is 0 Å². The Hall–Kier alpha value is -1.80. The third-order valence-electron chi connectivity index (χ3n) is 3.36. The number of nitrogens with one attached hydrogen (secondary N) is 2. The number of methoxy groups -OCH3 is 1. The number of amides is 1. The van der Waals surface area contributed by atoms with Gasteiger partial charge in [0.1, 0.15) is 5.75 Å². The van der Waals surface area contributed by atoms with E-state index in [1.165, 1.54) is 23.1 Å². The van der Waals surface area contributed by atoms with Gasteiger partial charge in [0.2, 0.25) is 11.0 Å². The van der Waals surface area contributed by atoms with Gasteiger partial charge in [0.05, 0.1) is 12.9 Å². The molecule has 0 spiro atoms. The molecule has 2 aromatic rings. The standard InChI is InChI=1S/C16H22N4O2S2/c1-4-11(2)18-14(21)10-23-16-20-19-15(24-16)17-9-12-5-7-13(22-3)8-6-12/h5-8,11H,4,9-10H2,1-3H3,(H,17,19)(H,18,21)/t11-/m1/s1. The van der Waals surface area contributed by atoms with Crippen molar-refractivity contribution >= 4 is 34.1 Å². The van der Waals surface area contributed by atoms with E-state index in [2.05, 4.69) is 20.8 Å². The Morgan fingerprint density at radius 2 is 2.08 bits per heavy atom. The molecule has 8 heteroatoms. The average Bonchev–Trinajstić information content (AvgIpc) is 3.06. The van der Waals surface area contributed by atoms with Crippen LogP contribution in [-0.4, -0.2) is 35.0 Å². The normalized spacial score (nSPS) is 11.8. The number of benzene rings is 1. The number of rotatable bonds is 9. The Bertz CT molecular complexity index is 646. The van der Waals surface area contributed by atoms with Crippen molar-refractivity contribution in [3.05, 3.63) is 29.8 Å². The van der Waals surface area contributed by atoms with E-state index in [-0.39, 0.29) is 11.9 Å². The lowest BCUT2D eigenvalue weighted by atomic mass is 10.2. The number of carbonyl (C=O) groups excluding carboxylic acids is 1. The lowest BCUT2D eigenvalue weighted by molar-refractivity contribution is -0.119. The quantitative estimate of drug-likeness (QED) is 0.664. The van der Waals surface area contributed by atoms with Gasteiger partial charge in [-0.1, -0.05) is 42.2 Å². The molecule has 0 fully saturated rings. The van der Waals surface area contributed by atoms with Crippen molar-refractivity contribution in [1.82, 2.24) is 15.5 Å². The molecule has 2 rings (SSSR count). The van der Waals surface area contributed by atoms with Crippen LogP contribution < -0.4 is 15.4 Å². The van der Waals surface area contributed by atoms with E-state index >= 15 is 0 Å². The van der Waals surface area contributed by atoms with Gasteiger partial charge >= 0.3 is 0 Å². The Labute approximate surface area is 150 Å². The lowest BCUT2D eigenvalue weighted by Gasteiger charge is -2.09. The maximum atomic E-state index is 11.8. The third-order valence-corrected chi connectivity index (χ3v) is 5.37. The molecular formula is C16H22N4O2S2. The molecule has 24 heavy (non-hydrogen) atoms. The van der Waals surface area contributed by atoms with E-state index in [9.17, 15) is 4.79 Å². The van der Waals surface area contributed by atoms with E-state index in [0.29, 0.717) is 12.3 Å². The highest BCUT2D eigenvalue weighted by molar-refractivity contribution is 8.01. The largest absolute Gasteiger partial charge is 0.497 e. The number of hydrogen-bond donors (Lipinski definition) is 2. The SMILES string of the molecule is CC[C@@H](C)NC(=O)CSc1nnc(NCc2ccc(OC)cc2)s1. The number of anilines is 1. The monoisotopic (exact) mass is 366 g/mol. The van der Waals surface area contributed by atoms with E-state index in [1.54, 1.807) is 7.11 Å². The second kappa shape index (κ2) is 9.48. The highest BCUT2D eigenvalue weighted by Gasteiger charge is 2.09. The second-order valence-electron chi connectivity index (χ2n) is 5.24. The van der Waals surface area contributed by atoms with Crippen LogP contribution in [0, 0.1) is 0 Å². The first-order chi connectivity index (χ1) is 11.6. The number of aromatic nitrogens is 2. The van der Waals surface area contributed by atoms with Gasteiger partial charge in [-0.15, -0.1) is 10.2 Å². The van der Waals surface area contributed by atoms with Crippen LogP contribution in [0.15, 0.2) is 28.6 Å². The van der Waals surface area contributed by atoms with Crippen LogP contribution >= 0.6 is 23.1 Å². The first-order valence-electron chi connectivity index (χ1n) is 7.73. The molecule has 2 N–H and O–H groups in total. The summed E-state index contributed by atoms with van der Waals surface area (Å²) < 4.78 is 5.92. The second-order valence-corrected chi connectivity index (χ2v) is 7.44. The topological polar surface area (TPSA) is 76.1 Å². The van der Waals surface area contributed by atoms with Gasteiger partial charge in [-0.2, -0.15) is 0 Å². The summed E-state index contributed by atoms with van der Waals surface area (Å²) in [5, 5.41) is 15.1. The molecule has 0 bridgehead atoms. The Morgan fingerprint density at radius 3 is 2.75 bits per heavy atom. The fraction of sp³-hybridized carbons (Fsp3) is 0.438. The molecule has 1 amide bonds. The fourth-order valence-corrected chi connectivity index (χ4v) is 3.37. The van der Waals surface area contributed by atoms with Crippen molar-refractivity contribution in [3.8, 4) is 5.75 Å². The van der Waals surface area contributed by atoms with E-state index in [1.807, 2.05) is 38.1 Å². The minimum absolute atomic E-state index is 0.0253. The molecule has 0 aliphatic rings. The van der Waals surface area contributed by atoms with Gasteiger partial charge in [-0.05, 0) is 31.0 Å². The van der Waals surface area contributed by atoms with Gasteiger partial charge < -0.3 is 15.4 Å². The molecule has 0 aliphatic carbocycles. The van der Waals surface area contributed by atoms with Crippen molar-refractivity contribution in [2.45, 2.75) is 37.2 Å². The van der Waals surface area contributed by atoms with Crippen LogP contribution in [0.1, 0.15) is 25.8 Å². The molecule has 0 radical (unpaired) electrons. The maximum absolute atomic E-state index is 11.8. The summed E-state index contributed by atoms with van der Waals surface area (Å²) in [6, 6.07) is 8.06. The molecule has 6 nitrogen and oxygen atoms in total. The van der Waals surface area contributed by atoms with Crippen LogP contribution in [0.4, 0.5) is 5.13 Å². The molecule has 1 atom stereocenters. The van der Waals surface area contributed by atoms with Crippen molar-refractivity contribution in [2.75, 3.05) is 18.2 Å². The van der Waals surface area contributed by atoms with Gasteiger partial charge in [0.15, 0.2) is 4.34 Å². The first kappa shape index (κ1) is 18.5. The fourth-order valence-electron chi connectivity index (χ4n) is 1.81. The Balaban J connectivity index is 1.77. The van der Waals surface area contributed by atoms with Crippen LogP contribution in [-0.2, 0) is 11.3 Å². The van der Waals surface area contributed by atoms with Crippen molar-refractivity contribution < 1.29 is 9.53 Å². The summed E-state index contributed by atoms with van der Waals surface area (Å²) in [7, 11) is 1.65. The average molecular weight is 367 g/mol. The predicted octanol–water partition coefficient (Wildman–Crippen LogP) is 3.17. The molecule has 0 unspecified atom stereocenters. The highest BCUT2D eigenvalue weighted by Crippen LogP contribution is 2.25. The number of ether oxygens (including phenoxy) is 1. The lowest BCUT2D eigenvalue weighted by Crippen LogP contribution is -2.33. The Morgan fingerprint density at radius 1 is 1.33 bits per heavy atom. The predicted molar refractivity (Wildman–Crippen MR) is 98.8 cm³/mol. The summed E-state index contributed by atoms with van der Waals surface area (Å²) in [4.78, 5) is 11.8. The number of carbonyl (C=O) groups is 1. The van der Waals surface area contributed by atoms with Crippen LogP contribution in [0.5, 0.6) is 5.75 Å². The molecule has 0 saturated heterocycles. The number of nitrogens with zero attached hydrogens (tertiary/aromatic N) is 2. The van der Waals surface area contributed by atoms with E-state index in [0.717, 1.165) is 27.2 Å². The zero-order valence-electron chi connectivity index (χ0n) is 14.0.